The molecule has 1 aliphatic rings. The van der Waals surface area contributed by atoms with E-state index in [0.717, 1.165) is 12.3 Å². The molecule has 0 aromatic carbocycles. The van der Waals surface area contributed by atoms with Gasteiger partial charge in [0.25, 0.3) is 0 Å². The van der Waals surface area contributed by atoms with Crippen LogP contribution in [0.15, 0.2) is 0 Å². The number of rotatable bonds is 2. The molecule has 0 heterocycles. The Bertz CT molecular complexity index is 188. The van der Waals surface area contributed by atoms with Crippen LogP contribution in [0.2, 0.25) is 0 Å². The summed E-state index contributed by atoms with van der Waals surface area (Å²) in [7, 11) is 0. The van der Waals surface area contributed by atoms with Gasteiger partial charge in [-0.1, -0.05) is 20.8 Å². The van der Waals surface area contributed by atoms with Gasteiger partial charge in [-0.25, -0.2) is 0 Å². The summed E-state index contributed by atoms with van der Waals surface area (Å²) in [6, 6.07) is 0. The van der Waals surface area contributed by atoms with E-state index in [-0.39, 0.29) is 0 Å². The lowest BCUT2D eigenvalue weighted by Crippen LogP contribution is -2.17. The minimum absolute atomic E-state index is 0.361. The third-order valence-corrected chi connectivity index (χ3v) is 3.34. The lowest BCUT2D eigenvalue weighted by atomic mass is 9.79. The van der Waals surface area contributed by atoms with Crippen molar-refractivity contribution in [2.45, 2.75) is 53.4 Å². The summed E-state index contributed by atoms with van der Waals surface area (Å²) in [5.74, 6) is 1.87. The van der Waals surface area contributed by atoms with Crippen molar-refractivity contribution < 1.29 is 4.79 Å². The topological polar surface area (TPSA) is 17.1 Å². The van der Waals surface area contributed by atoms with Gasteiger partial charge in [0, 0.05) is 6.42 Å². The molecule has 0 aliphatic heterocycles. The summed E-state index contributed by atoms with van der Waals surface area (Å²) < 4.78 is 0. The second-order valence-corrected chi connectivity index (χ2v) is 5.65. The Morgan fingerprint density at radius 3 is 2.31 bits per heavy atom. The minimum atomic E-state index is 0.361. The van der Waals surface area contributed by atoms with Gasteiger partial charge >= 0.3 is 0 Å². The third kappa shape index (κ3) is 3.13. The molecule has 0 spiro atoms. The summed E-state index contributed by atoms with van der Waals surface area (Å²) in [6.07, 6.45) is 4.67. The zero-order valence-corrected chi connectivity index (χ0v) is 9.39. The first-order chi connectivity index (χ1) is 5.89. The zero-order valence-electron chi connectivity index (χ0n) is 9.39. The molecule has 0 aromatic heterocycles. The van der Waals surface area contributed by atoms with Crippen molar-refractivity contribution in [2.75, 3.05) is 0 Å². The van der Waals surface area contributed by atoms with Crippen LogP contribution < -0.4 is 0 Å². The SMILES string of the molecule is CC(=O)CC1CCC(C(C)(C)C)C1. The molecular weight excluding hydrogens is 160 g/mol. The number of ketones is 1. The van der Waals surface area contributed by atoms with Crippen LogP contribution >= 0.6 is 0 Å². The highest BCUT2D eigenvalue weighted by Gasteiger charge is 2.32. The van der Waals surface area contributed by atoms with Crippen LogP contribution in [0.3, 0.4) is 0 Å². The maximum Gasteiger partial charge on any atom is 0.130 e. The molecule has 1 heteroatoms. The summed E-state index contributed by atoms with van der Waals surface area (Å²) in [6.45, 7) is 8.65. The number of Topliss-reactive ketones (excluding diaryl/α,β-unsaturated/α-hetero) is 1. The average molecular weight is 182 g/mol. The quantitative estimate of drug-likeness (QED) is 0.639. The van der Waals surface area contributed by atoms with Crippen LogP contribution in [0, 0.1) is 17.3 Å². The van der Waals surface area contributed by atoms with Crippen LogP contribution in [0.4, 0.5) is 0 Å². The Labute approximate surface area is 81.9 Å². The van der Waals surface area contributed by atoms with Crippen molar-refractivity contribution in [2.24, 2.45) is 17.3 Å². The summed E-state index contributed by atoms with van der Waals surface area (Å²) >= 11 is 0. The van der Waals surface area contributed by atoms with E-state index >= 15 is 0 Å². The fourth-order valence-electron chi connectivity index (χ4n) is 2.45. The van der Waals surface area contributed by atoms with Crippen LogP contribution in [0.5, 0.6) is 0 Å². The van der Waals surface area contributed by atoms with E-state index in [2.05, 4.69) is 20.8 Å². The first kappa shape index (κ1) is 10.7. The Hall–Kier alpha value is -0.330. The molecule has 1 aliphatic carbocycles. The first-order valence-electron chi connectivity index (χ1n) is 5.39. The molecule has 0 saturated heterocycles. The monoisotopic (exact) mass is 182 g/mol. The predicted molar refractivity (Wildman–Crippen MR) is 55.6 cm³/mol. The number of hydrogen-bond donors (Lipinski definition) is 0. The van der Waals surface area contributed by atoms with Crippen molar-refractivity contribution in [1.82, 2.24) is 0 Å². The van der Waals surface area contributed by atoms with Crippen LogP contribution in [-0.4, -0.2) is 5.78 Å². The lowest BCUT2D eigenvalue weighted by Gasteiger charge is -2.26. The highest BCUT2D eigenvalue weighted by Crippen LogP contribution is 2.43. The molecule has 0 aromatic rings. The second kappa shape index (κ2) is 3.81. The fraction of sp³-hybridized carbons (Fsp3) is 0.917. The summed E-state index contributed by atoms with van der Waals surface area (Å²) in [4.78, 5) is 11.0. The van der Waals surface area contributed by atoms with Gasteiger partial charge in [0.1, 0.15) is 5.78 Å². The van der Waals surface area contributed by atoms with Gasteiger partial charge in [0.2, 0.25) is 0 Å². The van der Waals surface area contributed by atoms with Gasteiger partial charge in [-0.05, 0) is 43.4 Å². The molecular formula is C12H22O. The molecule has 2 atom stereocenters. The van der Waals surface area contributed by atoms with E-state index < -0.39 is 0 Å². The molecule has 0 amide bonds. The van der Waals surface area contributed by atoms with Crippen molar-refractivity contribution >= 4 is 5.78 Å². The van der Waals surface area contributed by atoms with Gasteiger partial charge in [-0.15, -0.1) is 0 Å². The molecule has 76 valence electrons. The van der Waals surface area contributed by atoms with Gasteiger partial charge < -0.3 is 4.79 Å². The molecule has 0 N–H and O–H groups in total. The molecule has 13 heavy (non-hydrogen) atoms. The maximum absolute atomic E-state index is 11.0. The van der Waals surface area contributed by atoms with Crippen molar-refractivity contribution in [3.05, 3.63) is 0 Å². The Kier molecular flexibility index (Phi) is 3.15. The molecule has 1 fully saturated rings. The average Bonchev–Trinajstić information content (AvgIpc) is 2.32. The lowest BCUT2D eigenvalue weighted by molar-refractivity contribution is -0.117. The zero-order chi connectivity index (χ0) is 10.1. The summed E-state index contributed by atoms with van der Waals surface area (Å²) in [5.41, 5.74) is 0.436. The van der Waals surface area contributed by atoms with Crippen LogP contribution in [0.1, 0.15) is 53.4 Å². The molecule has 0 radical (unpaired) electrons. The number of hydrogen-bond acceptors (Lipinski definition) is 1. The first-order valence-corrected chi connectivity index (χ1v) is 5.39. The normalized spacial score (nSPS) is 29.2. The molecule has 1 rings (SSSR count). The van der Waals surface area contributed by atoms with Crippen molar-refractivity contribution in [3.8, 4) is 0 Å². The van der Waals surface area contributed by atoms with E-state index in [1.807, 2.05) is 0 Å². The second-order valence-electron chi connectivity index (χ2n) is 5.65. The van der Waals surface area contributed by atoms with Gasteiger partial charge in [0.15, 0.2) is 0 Å². The highest BCUT2D eigenvalue weighted by molar-refractivity contribution is 5.75. The smallest absolute Gasteiger partial charge is 0.130 e. The Balaban J connectivity index is 2.41. The third-order valence-electron chi connectivity index (χ3n) is 3.34. The molecule has 0 bridgehead atoms. The predicted octanol–water partition coefficient (Wildman–Crippen LogP) is 3.43. The Morgan fingerprint density at radius 1 is 1.31 bits per heavy atom. The molecule has 1 nitrogen and oxygen atoms in total. The van der Waals surface area contributed by atoms with Crippen molar-refractivity contribution in [3.63, 3.8) is 0 Å². The number of carbonyl (C=O) groups is 1. The Morgan fingerprint density at radius 2 is 1.92 bits per heavy atom. The standard InChI is InChI=1S/C12H22O/c1-9(13)7-10-5-6-11(8-10)12(2,3)4/h10-11H,5-8H2,1-4H3. The maximum atomic E-state index is 11.0. The van der Waals surface area contributed by atoms with E-state index in [4.69, 9.17) is 0 Å². The van der Waals surface area contributed by atoms with Gasteiger partial charge in [-0.2, -0.15) is 0 Å². The molecule has 2 unspecified atom stereocenters. The fourth-order valence-corrected chi connectivity index (χ4v) is 2.45. The minimum Gasteiger partial charge on any atom is -0.300 e. The van der Waals surface area contributed by atoms with E-state index in [9.17, 15) is 4.79 Å². The van der Waals surface area contributed by atoms with Gasteiger partial charge in [-0.3, -0.25) is 0 Å². The molecule has 1 saturated carbocycles. The van der Waals surface area contributed by atoms with Crippen molar-refractivity contribution in [1.29, 1.82) is 0 Å². The van der Waals surface area contributed by atoms with Crippen LogP contribution in [0.25, 0.3) is 0 Å². The highest BCUT2D eigenvalue weighted by atomic mass is 16.1. The van der Waals surface area contributed by atoms with Gasteiger partial charge in [0.05, 0.1) is 0 Å². The largest absolute Gasteiger partial charge is 0.300 e. The number of carbonyl (C=O) groups excluding carboxylic acids is 1. The van der Waals surface area contributed by atoms with E-state index in [0.29, 0.717) is 17.1 Å². The summed E-state index contributed by atoms with van der Waals surface area (Å²) in [5, 5.41) is 0. The van der Waals surface area contributed by atoms with E-state index in [1.54, 1.807) is 6.92 Å². The van der Waals surface area contributed by atoms with E-state index in [1.165, 1.54) is 19.3 Å². The van der Waals surface area contributed by atoms with Crippen LogP contribution in [-0.2, 0) is 4.79 Å².